The average Bonchev–Trinajstić information content (AvgIpc) is 2.49. The quantitative estimate of drug-likeness (QED) is 0.823. The second kappa shape index (κ2) is 5.92. The molecule has 1 aliphatic rings. The Labute approximate surface area is 128 Å². The van der Waals surface area contributed by atoms with Crippen molar-refractivity contribution in [2.75, 3.05) is 31.1 Å². The van der Waals surface area contributed by atoms with Crippen molar-refractivity contribution < 1.29 is 0 Å². The van der Waals surface area contributed by atoms with Gasteiger partial charge >= 0.3 is 0 Å². The van der Waals surface area contributed by atoms with Gasteiger partial charge < -0.3 is 10.2 Å². The van der Waals surface area contributed by atoms with Crippen molar-refractivity contribution in [3.63, 3.8) is 0 Å². The molecule has 98 valence electrons. The number of anilines is 1. The summed E-state index contributed by atoms with van der Waals surface area (Å²) in [5, 5.41) is 3.38. The van der Waals surface area contributed by atoms with Gasteiger partial charge in [-0.25, -0.2) is 0 Å². The van der Waals surface area contributed by atoms with Crippen molar-refractivity contribution in [3.05, 3.63) is 52.1 Å². The maximum Gasteiger partial charge on any atom is 0.0367 e. The molecule has 0 radical (unpaired) electrons. The highest BCUT2D eigenvalue weighted by atomic mass is 127. The largest absolute Gasteiger partial charge is 0.369 e. The van der Waals surface area contributed by atoms with Gasteiger partial charge in [0.25, 0.3) is 0 Å². The first-order valence-corrected chi connectivity index (χ1v) is 7.72. The van der Waals surface area contributed by atoms with Crippen LogP contribution in [0.4, 0.5) is 5.69 Å². The van der Waals surface area contributed by atoms with Gasteiger partial charge in [-0.1, -0.05) is 24.3 Å². The number of halogens is 1. The molecular formula is C16H17IN2. The summed E-state index contributed by atoms with van der Waals surface area (Å²) in [7, 11) is 0. The lowest BCUT2D eigenvalue weighted by Gasteiger charge is -2.29. The molecule has 0 unspecified atom stereocenters. The Balaban J connectivity index is 1.80. The Morgan fingerprint density at radius 3 is 1.89 bits per heavy atom. The van der Waals surface area contributed by atoms with Gasteiger partial charge in [-0.3, -0.25) is 0 Å². The first kappa shape index (κ1) is 12.9. The molecular weight excluding hydrogens is 347 g/mol. The van der Waals surface area contributed by atoms with E-state index in [9.17, 15) is 0 Å². The van der Waals surface area contributed by atoms with Crippen molar-refractivity contribution in [1.82, 2.24) is 5.32 Å². The number of hydrogen-bond donors (Lipinski definition) is 1. The third-order valence-corrected chi connectivity index (χ3v) is 4.25. The third-order valence-electron chi connectivity index (χ3n) is 3.53. The monoisotopic (exact) mass is 364 g/mol. The van der Waals surface area contributed by atoms with Gasteiger partial charge in [-0.15, -0.1) is 0 Å². The summed E-state index contributed by atoms with van der Waals surface area (Å²) in [5.41, 5.74) is 3.90. The summed E-state index contributed by atoms with van der Waals surface area (Å²) >= 11 is 2.34. The molecule has 1 fully saturated rings. The van der Waals surface area contributed by atoms with Crippen molar-refractivity contribution in [3.8, 4) is 11.1 Å². The first-order chi connectivity index (χ1) is 9.33. The van der Waals surface area contributed by atoms with Crippen LogP contribution in [0.25, 0.3) is 11.1 Å². The van der Waals surface area contributed by atoms with E-state index in [1.165, 1.54) is 20.4 Å². The first-order valence-electron chi connectivity index (χ1n) is 6.64. The number of piperazine rings is 1. The van der Waals surface area contributed by atoms with Crippen molar-refractivity contribution in [1.29, 1.82) is 0 Å². The molecule has 19 heavy (non-hydrogen) atoms. The van der Waals surface area contributed by atoms with Crippen LogP contribution in [-0.4, -0.2) is 26.2 Å². The molecule has 2 aromatic carbocycles. The van der Waals surface area contributed by atoms with Crippen LogP contribution in [0, 0.1) is 3.57 Å². The predicted octanol–water partition coefficient (Wildman–Crippen LogP) is 3.37. The van der Waals surface area contributed by atoms with Gasteiger partial charge in [0.2, 0.25) is 0 Å². The van der Waals surface area contributed by atoms with Crippen LogP contribution >= 0.6 is 22.6 Å². The van der Waals surface area contributed by atoms with Gasteiger partial charge in [0, 0.05) is 35.4 Å². The fourth-order valence-electron chi connectivity index (χ4n) is 2.43. The standard InChI is InChI=1S/C16H17IN2/c17-15-5-1-13(2-6-15)14-3-7-16(8-4-14)19-11-9-18-10-12-19/h1-8,18H,9-12H2. The van der Waals surface area contributed by atoms with E-state index < -0.39 is 0 Å². The number of rotatable bonds is 2. The summed E-state index contributed by atoms with van der Waals surface area (Å²) in [6, 6.07) is 17.6. The van der Waals surface area contributed by atoms with E-state index >= 15 is 0 Å². The molecule has 1 N–H and O–H groups in total. The normalized spacial score (nSPS) is 15.5. The van der Waals surface area contributed by atoms with E-state index in [0.29, 0.717) is 0 Å². The molecule has 0 aliphatic carbocycles. The van der Waals surface area contributed by atoms with E-state index in [1.54, 1.807) is 0 Å². The van der Waals surface area contributed by atoms with Crippen molar-refractivity contribution >= 4 is 28.3 Å². The number of hydrogen-bond acceptors (Lipinski definition) is 2. The fourth-order valence-corrected chi connectivity index (χ4v) is 2.79. The minimum absolute atomic E-state index is 1.08. The molecule has 2 aromatic rings. The second-order valence-corrected chi connectivity index (χ2v) is 6.04. The molecule has 1 aliphatic heterocycles. The molecule has 2 nitrogen and oxygen atoms in total. The van der Waals surface area contributed by atoms with E-state index in [2.05, 4.69) is 81.3 Å². The minimum Gasteiger partial charge on any atom is -0.369 e. The average molecular weight is 364 g/mol. The van der Waals surface area contributed by atoms with Crippen molar-refractivity contribution in [2.45, 2.75) is 0 Å². The van der Waals surface area contributed by atoms with Gasteiger partial charge in [0.05, 0.1) is 0 Å². The van der Waals surface area contributed by atoms with Gasteiger partial charge in [0.1, 0.15) is 0 Å². The number of nitrogens with one attached hydrogen (secondary N) is 1. The molecule has 0 spiro atoms. The van der Waals surface area contributed by atoms with Crippen LogP contribution in [0.3, 0.4) is 0 Å². The van der Waals surface area contributed by atoms with Crippen LogP contribution in [0.15, 0.2) is 48.5 Å². The van der Waals surface area contributed by atoms with Gasteiger partial charge in [-0.05, 0) is 58.0 Å². The Bertz CT molecular complexity index is 528. The Kier molecular flexibility index (Phi) is 4.03. The Morgan fingerprint density at radius 2 is 1.32 bits per heavy atom. The Morgan fingerprint density at radius 1 is 0.789 bits per heavy atom. The van der Waals surface area contributed by atoms with E-state index in [4.69, 9.17) is 0 Å². The SMILES string of the molecule is Ic1ccc(-c2ccc(N3CCNCC3)cc2)cc1. The summed E-state index contributed by atoms with van der Waals surface area (Å²) in [4.78, 5) is 2.44. The van der Waals surface area contributed by atoms with Gasteiger partial charge in [-0.2, -0.15) is 0 Å². The smallest absolute Gasteiger partial charge is 0.0367 e. The predicted molar refractivity (Wildman–Crippen MR) is 89.7 cm³/mol. The lowest BCUT2D eigenvalue weighted by molar-refractivity contribution is 0.589. The molecule has 0 saturated carbocycles. The molecule has 1 heterocycles. The van der Waals surface area contributed by atoms with Crippen LogP contribution in [0.5, 0.6) is 0 Å². The van der Waals surface area contributed by atoms with E-state index in [0.717, 1.165) is 26.2 Å². The number of benzene rings is 2. The highest BCUT2D eigenvalue weighted by Gasteiger charge is 2.09. The molecule has 1 saturated heterocycles. The summed E-state index contributed by atoms with van der Waals surface area (Å²) < 4.78 is 1.28. The van der Waals surface area contributed by atoms with Crippen molar-refractivity contribution in [2.24, 2.45) is 0 Å². The zero-order valence-electron chi connectivity index (χ0n) is 10.8. The summed E-state index contributed by atoms with van der Waals surface area (Å²) in [6.45, 7) is 4.36. The molecule has 0 aromatic heterocycles. The third kappa shape index (κ3) is 3.09. The highest BCUT2D eigenvalue weighted by Crippen LogP contribution is 2.24. The highest BCUT2D eigenvalue weighted by molar-refractivity contribution is 14.1. The molecule has 3 rings (SSSR count). The molecule has 3 heteroatoms. The maximum atomic E-state index is 3.38. The maximum absolute atomic E-state index is 3.38. The zero-order chi connectivity index (χ0) is 13.1. The second-order valence-electron chi connectivity index (χ2n) is 4.79. The van der Waals surface area contributed by atoms with E-state index in [-0.39, 0.29) is 0 Å². The topological polar surface area (TPSA) is 15.3 Å². The Hall–Kier alpha value is -1.07. The summed E-state index contributed by atoms with van der Waals surface area (Å²) in [5.74, 6) is 0. The fraction of sp³-hybridized carbons (Fsp3) is 0.250. The molecule has 0 bridgehead atoms. The number of nitrogens with zero attached hydrogens (tertiary/aromatic N) is 1. The molecule has 0 amide bonds. The van der Waals surface area contributed by atoms with Crippen LogP contribution in [-0.2, 0) is 0 Å². The van der Waals surface area contributed by atoms with Gasteiger partial charge in [0.15, 0.2) is 0 Å². The van der Waals surface area contributed by atoms with Crippen LogP contribution in [0.1, 0.15) is 0 Å². The lowest BCUT2D eigenvalue weighted by Crippen LogP contribution is -2.43. The lowest BCUT2D eigenvalue weighted by atomic mass is 10.1. The zero-order valence-corrected chi connectivity index (χ0v) is 12.9. The van der Waals surface area contributed by atoms with Crippen LogP contribution in [0.2, 0.25) is 0 Å². The molecule has 0 atom stereocenters. The summed E-state index contributed by atoms with van der Waals surface area (Å²) in [6.07, 6.45) is 0. The van der Waals surface area contributed by atoms with Crippen LogP contribution < -0.4 is 10.2 Å². The van der Waals surface area contributed by atoms with E-state index in [1.807, 2.05) is 0 Å². The minimum atomic E-state index is 1.08.